The number of nitrogens with one attached hydrogen (secondary N) is 2. The summed E-state index contributed by atoms with van der Waals surface area (Å²) in [5.74, 6) is -0.200. The minimum Gasteiger partial charge on any atom is -0.348 e. The van der Waals surface area contributed by atoms with E-state index < -0.39 is 0 Å². The van der Waals surface area contributed by atoms with E-state index in [2.05, 4.69) is 30.6 Å². The van der Waals surface area contributed by atoms with Crippen molar-refractivity contribution in [2.75, 3.05) is 14.1 Å². The Balaban J connectivity index is 1.73. The summed E-state index contributed by atoms with van der Waals surface area (Å²) in [6.45, 7) is 3.70. The molecule has 5 nitrogen and oxygen atoms in total. The van der Waals surface area contributed by atoms with Gasteiger partial charge in [-0.2, -0.15) is 5.10 Å². The van der Waals surface area contributed by atoms with Crippen LogP contribution in [0.4, 0.5) is 0 Å². The zero-order valence-electron chi connectivity index (χ0n) is 16.5. The Morgan fingerprint density at radius 3 is 2.39 bits per heavy atom. The molecule has 2 aromatic carbocycles. The molecule has 0 unspecified atom stereocenters. The molecule has 0 atom stereocenters. The van der Waals surface area contributed by atoms with E-state index in [1.165, 1.54) is 10.5 Å². The van der Waals surface area contributed by atoms with Crippen molar-refractivity contribution in [1.29, 1.82) is 0 Å². The third kappa shape index (κ3) is 4.80. The van der Waals surface area contributed by atoms with E-state index in [1.54, 1.807) is 4.68 Å². The Hall–Kier alpha value is -2.63. The van der Waals surface area contributed by atoms with E-state index in [0.29, 0.717) is 29.5 Å². The topological polar surface area (TPSA) is 51.4 Å². The molecule has 3 aromatic rings. The number of aryl methyl sites for hydroxylation is 1. The maximum absolute atomic E-state index is 12.8. The second kappa shape index (κ2) is 9.04. The average molecular weight is 398 g/mol. The van der Waals surface area contributed by atoms with Crippen molar-refractivity contribution < 1.29 is 9.69 Å². The summed E-state index contributed by atoms with van der Waals surface area (Å²) in [5.41, 5.74) is 4.49. The van der Waals surface area contributed by atoms with Gasteiger partial charge in [0.1, 0.15) is 11.7 Å². The second-order valence-corrected chi connectivity index (χ2v) is 7.59. The fourth-order valence-corrected chi connectivity index (χ4v) is 3.54. The molecule has 6 heteroatoms. The molecule has 1 amide bonds. The lowest BCUT2D eigenvalue weighted by Crippen LogP contribution is -3.04. The Morgan fingerprint density at radius 2 is 1.71 bits per heavy atom. The summed E-state index contributed by atoms with van der Waals surface area (Å²) in [4.78, 5) is 14.1. The van der Waals surface area contributed by atoms with Gasteiger partial charge in [0.2, 0.25) is 0 Å². The van der Waals surface area contributed by atoms with Crippen LogP contribution in [-0.2, 0) is 19.6 Å². The minimum atomic E-state index is -0.200. The monoisotopic (exact) mass is 397 g/mol. The van der Waals surface area contributed by atoms with Gasteiger partial charge in [0.25, 0.3) is 5.91 Å². The highest BCUT2D eigenvalue weighted by Crippen LogP contribution is 2.21. The lowest BCUT2D eigenvalue weighted by molar-refractivity contribution is -0.872. The molecule has 0 radical (unpaired) electrons. The lowest BCUT2D eigenvalue weighted by Gasteiger charge is -2.13. The van der Waals surface area contributed by atoms with Gasteiger partial charge in [-0.3, -0.25) is 4.79 Å². The number of hydrogen-bond acceptors (Lipinski definition) is 2. The lowest BCUT2D eigenvalue weighted by atomic mass is 10.1. The van der Waals surface area contributed by atoms with Crippen molar-refractivity contribution in [3.8, 4) is 0 Å². The Kier molecular flexibility index (Phi) is 6.49. The maximum Gasteiger partial charge on any atom is 0.256 e. The van der Waals surface area contributed by atoms with Crippen LogP contribution in [0.2, 0.25) is 5.15 Å². The normalized spacial score (nSPS) is 11.0. The Labute approximate surface area is 170 Å². The molecule has 28 heavy (non-hydrogen) atoms. The standard InChI is InChI=1S/C22H25ClN4O/c1-16-20(21(23)27(25-16)14-17-9-5-4-6-10-17)22(28)24-13-18-11-7-8-12-19(18)15-26(2)3/h4-12H,13-15H2,1-3H3,(H,24,28)/p+1. The molecule has 1 aromatic heterocycles. The van der Waals surface area contributed by atoms with E-state index >= 15 is 0 Å². The van der Waals surface area contributed by atoms with Gasteiger partial charge in [-0.05, 0) is 18.1 Å². The van der Waals surface area contributed by atoms with Crippen molar-refractivity contribution in [3.63, 3.8) is 0 Å². The van der Waals surface area contributed by atoms with Crippen LogP contribution in [0.25, 0.3) is 0 Å². The summed E-state index contributed by atoms with van der Waals surface area (Å²) in [6.07, 6.45) is 0. The average Bonchev–Trinajstić information content (AvgIpc) is 2.94. The van der Waals surface area contributed by atoms with Gasteiger partial charge < -0.3 is 10.2 Å². The fourth-order valence-electron chi connectivity index (χ4n) is 3.22. The number of aromatic nitrogens is 2. The Morgan fingerprint density at radius 1 is 1.07 bits per heavy atom. The van der Waals surface area contributed by atoms with Crippen molar-refractivity contribution in [2.24, 2.45) is 0 Å². The van der Waals surface area contributed by atoms with Crippen LogP contribution in [0, 0.1) is 6.92 Å². The highest BCUT2D eigenvalue weighted by Gasteiger charge is 2.20. The molecule has 0 saturated carbocycles. The van der Waals surface area contributed by atoms with Crippen LogP contribution in [0.3, 0.4) is 0 Å². The molecule has 0 spiro atoms. The van der Waals surface area contributed by atoms with Crippen LogP contribution in [0.1, 0.15) is 32.7 Å². The minimum absolute atomic E-state index is 0.200. The van der Waals surface area contributed by atoms with E-state index in [-0.39, 0.29) is 5.91 Å². The van der Waals surface area contributed by atoms with Crippen LogP contribution in [0.5, 0.6) is 0 Å². The van der Waals surface area contributed by atoms with Crippen LogP contribution >= 0.6 is 11.6 Å². The molecule has 1 heterocycles. The van der Waals surface area contributed by atoms with Gasteiger partial charge in [0.05, 0.1) is 31.9 Å². The molecule has 0 saturated heterocycles. The smallest absolute Gasteiger partial charge is 0.256 e. The zero-order chi connectivity index (χ0) is 20.1. The summed E-state index contributed by atoms with van der Waals surface area (Å²) in [7, 11) is 4.22. The quantitative estimate of drug-likeness (QED) is 0.643. The number of rotatable bonds is 7. The van der Waals surface area contributed by atoms with Crippen molar-refractivity contribution >= 4 is 17.5 Å². The predicted octanol–water partition coefficient (Wildman–Crippen LogP) is 2.47. The fraction of sp³-hybridized carbons (Fsp3) is 0.273. The number of carbonyl (C=O) groups excluding carboxylic acids is 1. The van der Waals surface area contributed by atoms with Gasteiger partial charge in [-0.15, -0.1) is 0 Å². The highest BCUT2D eigenvalue weighted by atomic mass is 35.5. The Bertz CT molecular complexity index is 950. The molecule has 0 aliphatic carbocycles. The molecular formula is C22H26ClN4O+. The number of benzene rings is 2. The summed E-state index contributed by atoms with van der Waals surface area (Å²) >= 11 is 6.49. The molecule has 0 aliphatic heterocycles. The molecule has 0 bridgehead atoms. The van der Waals surface area contributed by atoms with E-state index in [9.17, 15) is 4.79 Å². The summed E-state index contributed by atoms with van der Waals surface area (Å²) < 4.78 is 1.67. The van der Waals surface area contributed by atoms with Gasteiger partial charge in [-0.1, -0.05) is 66.2 Å². The first-order chi connectivity index (χ1) is 13.5. The molecular weight excluding hydrogens is 372 g/mol. The second-order valence-electron chi connectivity index (χ2n) is 7.23. The number of hydrogen-bond donors (Lipinski definition) is 2. The zero-order valence-corrected chi connectivity index (χ0v) is 17.3. The number of carbonyl (C=O) groups is 1. The largest absolute Gasteiger partial charge is 0.348 e. The summed E-state index contributed by atoms with van der Waals surface area (Å²) in [6, 6.07) is 18.1. The first-order valence-corrected chi connectivity index (χ1v) is 9.74. The van der Waals surface area contributed by atoms with Crippen LogP contribution in [-0.4, -0.2) is 29.8 Å². The predicted molar refractivity (Wildman–Crippen MR) is 112 cm³/mol. The number of amides is 1. The highest BCUT2D eigenvalue weighted by molar-refractivity contribution is 6.33. The molecule has 0 fully saturated rings. The number of nitrogens with zero attached hydrogens (tertiary/aromatic N) is 2. The van der Waals surface area contributed by atoms with Crippen LogP contribution in [0.15, 0.2) is 54.6 Å². The van der Waals surface area contributed by atoms with Crippen molar-refractivity contribution in [2.45, 2.75) is 26.6 Å². The van der Waals surface area contributed by atoms with Gasteiger partial charge in [-0.25, -0.2) is 4.68 Å². The third-order valence-corrected chi connectivity index (χ3v) is 4.95. The maximum atomic E-state index is 12.8. The number of quaternary nitrogens is 1. The summed E-state index contributed by atoms with van der Waals surface area (Å²) in [5, 5.41) is 7.83. The first-order valence-electron chi connectivity index (χ1n) is 9.36. The van der Waals surface area contributed by atoms with Gasteiger partial charge in [0, 0.05) is 12.1 Å². The molecule has 3 rings (SSSR count). The van der Waals surface area contributed by atoms with Gasteiger partial charge in [0.15, 0.2) is 0 Å². The molecule has 146 valence electrons. The van der Waals surface area contributed by atoms with Crippen LogP contribution < -0.4 is 10.2 Å². The SMILES string of the molecule is Cc1nn(Cc2ccccc2)c(Cl)c1C(=O)NCc1ccccc1C[NH+](C)C. The third-order valence-electron chi connectivity index (χ3n) is 4.57. The molecule has 0 aliphatic rings. The van der Waals surface area contributed by atoms with E-state index in [0.717, 1.165) is 17.7 Å². The van der Waals surface area contributed by atoms with E-state index in [4.69, 9.17) is 11.6 Å². The first kappa shape index (κ1) is 20.1. The van der Waals surface area contributed by atoms with E-state index in [1.807, 2.05) is 55.5 Å². The number of halogens is 1. The van der Waals surface area contributed by atoms with Gasteiger partial charge >= 0.3 is 0 Å². The molecule has 2 N–H and O–H groups in total. The van der Waals surface area contributed by atoms with Crippen molar-refractivity contribution in [3.05, 3.63) is 87.7 Å². The van der Waals surface area contributed by atoms with Crippen molar-refractivity contribution in [1.82, 2.24) is 15.1 Å².